The van der Waals surface area contributed by atoms with Gasteiger partial charge in [-0.3, -0.25) is 4.90 Å². The lowest BCUT2D eigenvalue weighted by atomic mass is 10.2. The highest BCUT2D eigenvalue weighted by Gasteiger charge is 2.21. The van der Waals surface area contributed by atoms with Gasteiger partial charge in [0, 0.05) is 52.4 Å². The molecule has 0 bridgehead atoms. The summed E-state index contributed by atoms with van der Waals surface area (Å²) in [7, 11) is 1.91. The van der Waals surface area contributed by atoms with E-state index >= 15 is 0 Å². The highest BCUT2D eigenvalue weighted by Crippen LogP contribution is 2.26. The monoisotopic (exact) mass is 534 g/mol. The predicted molar refractivity (Wildman–Crippen MR) is 140 cm³/mol. The van der Waals surface area contributed by atoms with Gasteiger partial charge in [-0.1, -0.05) is 0 Å². The number of fused-ring (bicyclic) bond motifs is 1. The fraction of sp³-hybridized carbons (Fsp3) is 0.333. The first-order valence-electron chi connectivity index (χ1n) is 12.4. The second-order valence-electron chi connectivity index (χ2n) is 9.12. The molecule has 0 aliphatic carbocycles. The minimum Gasteiger partial charge on any atom is -0.487 e. The molecule has 0 unspecified atom stereocenters. The Hall–Kier alpha value is -4.79. The molecule has 0 amide bonds. The van der Waals surface area contributed by atoms with Crippen LogP contribution in [0.2, 0.25) is 0 Å². The first-order valence-corrected chi connectivity index (χ1v) is 12.4. The first kappa shape index (κ1) is 24.5. The number of hydrogen-bond acceptors (Lipinski definition) is 12. The Morgan fingerprint density at radius 2 is 2.03 bits per heavy atom. The molecular weight excluding hydrogens is 507 g/mol. The van der Waals surface area contributed by atoms with Crippen LogP contribution < -0.4 is 20.3 Å². The maximum absolute atomic E-state index is 14.8. The second kappa shape index (κ2) is 10.5. The van der Waals surface area contributed by atoms with Crippen LogP contribution in [0.25, 0.3) is 17.4 Å². The van der Waals surface area contributed by atoms with Gasteiger partial charge >= 0.3 is 0 Å². The molecule has 39 heavy (non-hydrogen) atoms. The number of piperazine rings is 1. The van der Waals surface area contributed by atoms with E-state index in [2.05, 4.69) is 45.3 Å². The number of anilines is 3. The maximum atomic E-state index is 14.8. The van der Waals surface area contributed by atoms with E-state index in [0.717, 1.165) is 19.6 Å². The number of ether oxygens (including phenoxy) is 1. The topological polar surface area (TPSA) is 156 Å². The van der Waals surface area contributed by atoms with Crippen LogP contribution in [0.15, 0.2) is 47.2 Å². The quantitative estimate of drug-likeness (QED) is 0.281. The number of halogens is 1. The van der Waals surface area contributed by atoms with Crippen molar-refractivity contribution in [3.8, 4) is 17.3 Å². The summed E-state index contributed by atoms with van der Waals surface area (Å²) in [5.74, 6) is 2.06. The third-order valence-corrected chi connectivity index (χ3v) is 6.54. The Bertz CT molecular complexity index is 1530. The number of benzene rings is 1. The van der Waals surface area contributed by atoms with Crippen LogP contribution >= 0.6 is 0 Å². The van der Waals surface area contributed by atoms with Crippen molar-refractivity contribution < 1.29 is 13.5 Å². The number of aromatic amines is 1. The van der Waals surface area contributed by atoms with Crippen molar-refractivity contribution in [3.63, 3.8) is 0 Å². The van der Waals surface area contributed by atoms with Crippen LogP contribution in [0.5, 0.6) is 5.75 Å². The molecule has 15 heteroatoms. The zero-order valence-electron chi connectivity index (χ0n) is 21.2. The van der Waals surface area contributed by atoms with Gasteiger partial charge in [-0.2, -0.15) is 34.9 Å². The molecular formula is C24H27FN12O2. The molecule has 5 aromatic rings. The van der Waals surface area contributed by atoms with E-state index in [1.807, 2.05) is 11.9 Å². The number of likely N-dealkylation sites (N-methyl/N-ethyl adjacent to an activating group) is 1. The Morgan fingerprint density at radius 1 is 1.15 bits per heavy atom. The SMILES string of the molecule is CN(CCN1CCN(c2ccc(OCc3cn[nH]n3)cc2F)CC1)c1nc(N)n2nc(-c3ccco3)nc2n1. The Kier molecular flexibility index (Phi) is 6.62. The summed E-state index contributed by atoms with van der Waals surface area (Å²) in [4.78, 5) is 19.6. The molecule has 1 aliphatic heterocycles. The van der Waals surface area contributed by atoms with Crippen LogP contribution in [0.3, 0.4) is 0 Å². The van der Waals surface area contributed by atoms with Gasteiger partial charge in [0.05, 0.1) is 18.1 Å². The number of rotatable bonds is 9. The van der Waals surface area contributed by atoms with Gasteiger partial charge in [0.25, 0.3) is 5.78 Å². The lowest BCUT2D eigenvalue weighted by molar-refractivity contribution is 0.262. The number of furan rings is 1. The number of nitrogens with two attached hydrogens (primary N) is 1. The molecule has 1 fully saturated rings. The van der Waals surface area contributed by atoms with E-state index in [1.165, 1.54) is 10.6 Å². The minimum atomic E-state index is -0.311. The third kappa shape index (κ3) is 5.29. The molecule has 202 valence electrons. The number of aromatic nitrogens is 8. The largest absolute Gasteiger partial charge is 0.487 e. The van der Waals surface area contributed by atoms with Crippen molar-refractivity contribution in [2.45, 2.75) is 6.61 Å². The second-order valence-corrected chi connectivity index (χ2v) is 9.12. The number of H-pyrrole nitrogens is 1. The molecule has 6 rings (SSSR count). The summed E-state index contributed by atoms with van der Waals surface area (Å²) in [5.41, 5.74) is 7.34. The summed E-state index contributed by atoms with van der Waals surface area (Å²) < 4.78 is 27.2. The molecule has 5 heterocycles. The maximum Gasteiger partial charge on any atom is 0.259 e. The van der Waals surface area contributed by atoms with Gasteiger partial charge in [-0.15, -0.1) is 5.10 Å². The molecule has 0 atom stereocenters. The van der Waals surface area contributed by atoms with E-state index < -0.39 is 0 Å². The van der Waals surface area contributed by atoms with E-state index in [9.17, 15) is 4.39 Å². The lowest BCUT2D eigenvalue weighted by Crippen LogP contribution is -2.48. The van der Waals surface area contributed by atoms with Crippen LogP contribution in [0.4, 0.5) is 22.0 Å². The van der Waals surface area contributed by atoms with Crippen LogP contribution in [-0.2, 0) is 6.61 Å². The smallest absolute Gasteiger partial charge is 0.259 e. The van der Waals surface area contributed by atoms with Crippen LogP contribution in [-0.4, -0.2) is 91.2 Å². The molecule has 3 N–H and O–H groups in total. The summed E-state index contributed by atoms with van der Waals surface area (Å²) in [6.45, 7) is 4.72. The highest BCUT2D eigenvalue weighted by atomic mass is 19.1. The number of nitrogen functional groups attached to an aromatic ring is 1. The average Bonchev–Trinajstić information content (AvgIpc) is 3.73. The van der Waals surface area contributed by atoms with Gasteiger partial charge in [0.15, 0.2) is 5.76 Å². The number of hydrogen-bond donors (Lipinski definition) is 2. The van der Waals surface area contributed by atoms with Gasteiger partial charge < -0.3 is 24.7 Å². The van der Waals surface area contributed by atoms with Gasteiger partial charge in [0.1, 0.15) is 23.9 Å². The number of nitrogens with one attached hydrogen (secondary N) is 1. The molecule has 14 nitrogen and oxygen atoms in total. The standard InChI is InChI=1S/C24H27FN12O2/c1-34(23-29-22(26)37-24(30-23)28-21(32-37)20-3-2-12-38-20)6-7-35-8-10-36(11-9-35)19-5-4-17(13-18(19)25)39-15-16-14-27-33-31-16/h2-5,12-14H,6-11,15H2,1H3,(H,27,31,33)(H2,26,28,29,30,32). The van der Waals surface area contributed by atoms with Crippen molar-refractivity contribution in [2.75, 3.05) is 61.8 Å². The fourth-order valence-electron chi connectivity index (χ4n) is 4.36. The van der Waals surface area contributed by atoms with E-state index in [-0.39, 0.29) is 18.4 Å². The van der Waals surface area contributed by atoms with Crippen LogP contribution in [0, 0.1) is 5.82 Å². The van der Waals surface area contributed by atoms with E-state index in [0.29, 0.717) is 60.1 Å². The summed E-state index contributed by atoms with van der Waals surface area (Å²) in [6, 6.07) is 8.48. The Morgan fingerprint density at radius 3 is 2.77 bits per heavy atom. The summed E-state index contributed by atoms with van der Waals surface area (Å²) in [5, 5.41) is 14.5. The Balaban J connectivity index is 1.02. The molecule has 1 saturated heterocycles. The van der Waals surface area contributed by atoms with Crippen molar-refractivity contribution >= 4 is 23.4 Å². The predicted octanol–water partition coefficient (Wildman–Crippen LogP) is 1.46. The first-order chi connectivity index (χ1) is 19.0. The lowest BCUT2D eigenvalue weighted by Gasteiger charge is -2.36. The summed E-state index contributed by atoms with van der Waals surface area (Å²) in [6.07, 6.45) is 3.12. The van der Waals surface area contributed by atoms with Gasteiger partial charge in [-0.05, 0) is 24.3 Å². The zero-order valence-corrected chi connectivity index (χ0v) is 21.2. The van der Waals surface area contributed by atoms with Crippen molar-refractivity contribution in [1.82, 2.24) is 44.9 Å². The molecule has 0 spiro atoms. The Labute approximate surface area is 222 Å². The molecule has 0 saturated carbocycles. The van der Waals surface area contributed by atoms with Crippen molar-refractivity contribution in [1.29, 1.82) is 0 Å². The van der Waals surface area contributed by atoms with E-state index in [4.69, 9.17) is 14.9 Å². The van der Waals surface area contributed by atoms with Crippen LogP contribution in [0.1, 0.15) is 5.69 Å². The molecule has 0 radical (unpaired) electrons. The fourth-order valence-corrected chi connectivity index (χ4v) is 4.36. The van der Waals surface area contributed by atoms with Gasteiger partial charge in [0.2, 0.25) is 17.7 Å². The highest BCUT2D eigenvalue weighted by molar-refractivity contribution is 5.53. The van der Waals surface area contributed by atoms with E-state index in [1.54, 1.807) is 36.7 Å². The van der Waals surface area contributed by atoms with Crippen molar-refractivity contribution in [2.24, 2.45) is 0 Å². The van der Waals surface area contributed by atoms with Crippen molar-refractivity contribution in [3.05, 3.63) is 54.3 Å². The zero-order chi connectivity index (χ0) is 26.8. The molecule has 1 aromatic carbocycles. The molecule has 1 aliphatic rings. The minimum absolute atomic E-state index is 0.192. The molecule has 4 aromatic heterocycles. The number of nitrogens with zero attached hydrogens (tertiary/aromatic N) is 10. The van der Waals surface area contributed by atoms with Gasteiger partial charge in [-0.25, -0.2) is 4.39 Å². The summed E-state index contributed by atoms with van der Waals surface area (Å²) >= 11 is 0. The normalized spacial score (nSPS) is 14.3. The average molecular weight is 535 g/mol. The third-order valence-electron chi connectivity index (χ3n) is 6.54.